The third-order valence-electron chi connectivity index (χ3n) is 4.46. The van der Waals surface area contributed by atoms with Crippen molar-refractivity contribution in [1.29, 1.82) is 0 Å². The minimum atomic E-state index is -3.56. The molecule has 0 radical (unpaired) electrons. The van der Waals surface area contributed by atoms with Crippen molar-refractivity contribution < 1.29 is 8.42 Å². The second-order valence-corrected chi connectivity index (χ2v) is 7.76. The van der Waals surface area contributed by atoms with Crippen LogP contribution in [-0.4, -0.2) is 23.8 Å². The number of rotatable bonds is 3. The summed E-state index contributed by atoms with van der Waals surface area (Å²) < 4.78 is 30.2. The van der Waals surface area contributed by atoms with Crippen molar-refractivity contribution in [2.24, 2.45) is 0 Å². The fourth-order valence-corrected chi connectivity index (χ4v) is 4.92. The summed E-state index contributed by atoms with van der Waals surface area (Å²) in [4.78, 5) is 0.339. The SMILES string of the molecule is O=S(=O)(c1ccccc1)N1CCn2cccc2C1c1ccccc1. The number of benzene rings is 2. The van der Waals surface area contributed by atoms with E-state index >= 15 is 0 Å². The average Bonchev–Trinajstić information content (AvgIpc) is 3.11. The molecule has 122 valence electrons. The third-order valence-corrected chi connectivity index (χ3v) is 6.34. The molecule has 0 saturated heterocycles. The van der Waals surface area contributed by atoms with Gasteiger partial charge in [-0.3, -0.25) is 0 Å². The molecule has 1 aliphatic heterocycles. The summed E-state index contributed by atoms with van der Waals surface area (Å²) in [6, 6.07) is 22.2. The quantitative estimate of drug-likeness (QED) is 0.735. The van der Waals surface area contributed by atoms with Gasteiger partial charge in [0.25, 0.3) is 0 Å². The van der Waals surface area contributed by atoms with E-state index in [0.29, 0.717) is 18.0 Å². The molecular formula is C19H18N2O2S. The fraction of sp³-hybridized carbons (Fsp3) is 0.158. The molecule has 4 rings (SSSR count). The monoisotopic (exact) mass is 338 g/mol. The zero-order valence-corrected chi connectivity index (χ0v) is 13.9. The Morgan fingerprint density at radius 1 is 0.792 bits per heavy atom. The van der Waals surface area contributed by atoms with Crippen molar-refractivity contribution in [3.8, 4) is 0 Å². The molecule has 1 atom stereocenters. The molecule has 1 unspecified atom stereocenters. The number of hydrogen-bond donors (Lipinski definition) is 0. The second-order valence-electron chi connectivity index (χ2n) is 5.87. The Morgan fingerprint density at radius 2 is 1.46 bits per heavy atom. The highest BCUT2D eigenvalue weighted by atomic mass is 32.2. The number of fused-ring (bicyclic) bond motifs is 1. The molecule has 24 heavy (non-hydrogen) atoms. The van der Waals surface area contributed by atoms with Crippen molar-refractivity contribution in [2.75, 3.05) is 6.54 Å². The van der Waals surface area contributed by atoms with Crippen LogP contribution in [0.5, 0.6) is 0 Å². The van der Waals surface area contributed by atoms with Crippen LogP contribution in [0.15, 0.2) is 83.9 Å². The number of aromatic nitrogens is 1. The van der Waals surface area contributed by atoms with Gasteiger partial charge in [-0.1, -0.05) is 48.5 Å². The normalized spacial score (nSPS) is 18.2. The maximum Gasteiger partial charge on any atom is 0.244 e. The first-order valence-electron chi connectivity index (χ1n) is 7.95. The standard InChI is InChI=1S/C19H18N2O2S/c22-24(23,17-10-5-2-6-11-17)21-15-14-20-13-7-12-18(20)19(21)16-8-3-1-4-9-16/h1-13,19H,14-15H2. The van der Waals surface area contributed by atoms with Gasteiger partial charge < -0.3 is 4.57 Å². The first kappa shape index (κ1) is 15.2. The molecule has 0 N–H and O–H groups in total. The molecule has 3 aromatic rings. The molecule has 2 aromatic carbocycles. The van der Waals surface area contributed by atoms with Crippen LogP contribution in [0.4, 0.5) is 0 Å². The number of nitrogens with zero attached hydrogens (tertiary/aromatic N) is 2. The lowest BCUT2D eigenvalue weighted by Gasteiger charge is -2.36. The second kappa shape index (κ2) is 5.92. The molecule has 0 fully saturated rings. The zero-order chi connectivity index (χ0) is 16.6. The van der Waals surface area contributed by atoms with Crippen LogP contribution < -0.4 is 0 Å². The van der Waals surface area contributed by atoms with E-state index in [2.05, 4.69) is 4.57 Å². The lowest BCUT2D eigenvalue weighted by atomic mass is 10.0. The molecule has 1 aromatic heterocycles. The minimum Gasteiger partial charge on any atom is -0.348 e. The summed E-state index contributed by atoms with van der Waals surface area (Å²) in [7, 11) is -3.56. The van der Waals surface area contributed by atoms with Crippen LogP contribution in [-0.2, 0) is 16.6 Å². The van der Waals surface area contributed by atoms with Crippen LogP contribution in [0.1, 0.15) is 17.3 Å². The Hall–Kier alpha value is -2.37. The molecule has 0 aliphatic carbocycles. The number of sulfonamides is 1. The summed E-state index contributed by atoms with van der Waals surface area (Å²) in [6.45, 7) is 1.12. The lowest BCUT2D eigenvalue weighted by Crippen LogP contribution is -2.42. The molecular weight excluding hydrogens is 320 g/mol. The van der Waals surface area contributed by atoms with E-state index in [-0.39, 0.29) is 6.04 Å². The van der Waals surface area contributed by atoms with Crippen molar-refractivity contribution in [1.82, 2.24) is 8.87 Å². The van der Waals surface area contributed by atoms with E-state index in [9.17, 15) is 8.42 Å². The van der Waals surface area contributed by atoms with Crippen LogP contribution in [0, 0.1) is 0 Å². The van der Waals surface area contributed by atoms with E-state index in [1.807, 2.05) is 54.7 Å². The van der Waals surface area contributed by atoms with Gasteiger partial charge in [0.15, 0.2) is 0 Å². The molecule has 4 nitrogen and oxygen atoms in total. The van der Waals surface area contributed by atoms with Gasteiger partial charge in [-0.05, 0) is 29.8 Å². The first-order chi connectivity index (χ1) is 11.7. The topological polar surface area (TPSA) is 42.3 Å². The lowest BCUT2D eigenvalue weighted by molar-refractivity contribution is 0.298. The summed E-state index contributed by atoms with van der Waals surface area (Å²) >= 11 is 0. The smallest absolute Gasteiger partial charge is 0.244 e. The van der Waals surface area contributed by atoms with Gasteiger partial charge in [0.05, 0.1) is 10.9 Å². The maximum atomic E-state index is 13.2. The van der Waals surface area contributed by atoms with Crippen LogP contribution in [0.3, 0.4) is 0 Å². The molecule has 0 bridgehead atoms. The van der Waals surface area contributed by atoms with Gasteiger partial charge in [-0.15, -0.1) is 0 Å². The third kappa shape index (κ3) is 2.46. The van der Waals surface area contributed by atoms with Gasteiger partial charge in [0.1, 0.15) is 0 Å². The molecule has 0 saturated carbocycles. The van der Waals surface area contributed by atoms with Crippen LogP contribution in [0.25, 0.3) is 0 Å². The van der Waals surface area contributed by atoms with Gasteiger partial charge >= 0.3 is 0 Å². The summed E-state index contributed by atoms with van der Waals surface area (Å²) in [5.41, 5.74) is 1.99. The Morgan fingerprint density at radius 3 is 2.17 bits per heavy atom. The summed E-state index contributed by atoms with van der Waals surface area (Å²) in [5, 5.41) is 0. The van der Waals surface area contributed by atoms with E-state index < -0.39 is 10.0 Å². The largest absolute Gasteiger partial charge is 0.348 e. The Kier molecular flexibility index (Phi) is 3.75. The average molecular weight is 338 g/mol. The highest BCUT2D eigenvalue weighted by molar-refractivity contribution is 7.89. The maximum absolute atomic E-state index is 13.2. The van der Waals surface area contributed by atoms with Gasteiger partial charge in [-0.2, -0.15) is 4.31 Å². The molecule has 0 amide bonds. The van der Waals surface area contributed by atoms with Crippen molar-refractivity contribution in [2.45, 2.75) is 17.5 Å². The predicted molar refractivity (Wildman–Crippen MR) is 93.1 cm³/mol. The first-order valence-corrected chi connectivity index (χ1v) is 9.39. The highest BCUT2D eigenvalue weighted by Crippen LogP contribution is 2.36. The van der Waals surface area contributed by atoms with Gasteiger partial charge in [-0.25, -0.2) is 8.42 Å². The Labute approximate surface area is 142 Å². The van der Waals surface area contributed by atoms with E-state index in [0.717, 1.165) is 11.3 Å². The molecule has 1 aliphatic rings. The Balaban J connectivity index is 1.86. The molecule has 5 heteroatoms. The van der Waals surface area contributed by atoms with Crippen molar-refractivity contribution >= 4 is 10.0 Å². The minimum absolute atomic E-state index is 0.305. The highest BCUT2D eigenvalue weighted by Gasteiger charge is 2.37. The van der Waals surface area contributed by atoms with Crippen LogP contribution >= 0.6 is 0 Å². The summed E-state index contributed by atoms with van der Waals surface area (Å²) in [5.74, 6) is 0. The van der Waals surface area contributed by atoms with Crippen molar-refractivity contribution in [3.05, 3.63) is 90.3 Å². The predicted octanol–water partition coefficient (Wildman–Crippen LogP) is 3.28. The zero-order valence-electron chi connectivity index (χ0n) is 13.1. The van der Waals surface area contributed by atoms with Gasteiger partial charge in [0.2, 0.25) is 10.0 Å². The van der Waals surface area contributed by atoms with Crippen LogP contribution in [0.2, 0.25) is 0 Å². The molecule has 0 spiro atoms. The van der Waals surface area contributed by atoms with Gasteiger partial charge in [0, 0.05) is 25.0 Å². The van der Waals surface area contributed by atoms with E-state index in [1.165, 1.54) is 0 Å². The van der Waals surface area contributed by atoms with E-state index in [1.54, 1.807) is 28.6 Å². The fourth-order valence-electron chi connectivity index (χ4n) is 3.32. The Bertz CT molecular complexity index is 934. The number of hydrogen-bond acceptors (Lipinski definition) is 2. The summed E-state index contributed by atoms with van der Waals surface area (Å²) in [6.07, 6.45) is 2.01. The van der Waals surface area contributed by atoms with E-state index in [4.69, 9.17) is 0 Å². The molecule has 2 heterocycles. The van der Waals surface area contributed by atoms with Crippen molar-refractivity contribution in [3.63, 3.8) is 0 Å².